The van der Waals surface area contributed by atoms with E-state index in [4.69, 9.17) is 11.6 Å². The van der Waals surface area contributed by atoms with Crippen molar-refractivity contribution in [1.29, 1.82) is 0 Å². The van der Waals surface area contributed by atoms with E-state index in [0.717, 1.165) is 18.8 Å². The van der Waals surface area contributed by atoms with E-state index in [2.05, 4.69) is 4.90 Å². The fraction of sp³-hybridized carbons (Fsp3) is 0.500. The van der Waals surface area contributed by atoms with E-state index >= 15 is 0 Å². The van der Waals surface area contributed by atoms with Gasteiger partial charge in [0.1, 0.15) is 0 Å². The fourth-order valence-corrected chi connectivity index (χ4v) is 3.50. The number of benzene rings is 1. The summed E-state index contributed by atoms with van der Waals surface area (Å²) >= 11 is 5.87. The average Bonchev–Trinajstić information content (AvgIpc) is 2.76. The molecule has 2 aliphatic rings. The van der Waals surface area contributed by atoms with Gasteiger partial charge in [-0.15, -0.1) is 0 Å². The summed E-state index contributed by atoms with van der Waals surface area (Å²) in [5.74, 6) is -0.903. The van der Waals surface area contributed by atoms with Crippen LogP contribution in [0.2, 0.25) is 5.02 Å². The maximum Gasteiger partial charge on any atom is 0.337 e. The van der Waals surface area contributed by atoms with Crippen molar-refractivity contribution in [2.24, 2.45) is 5.41 Å². The van der Waals surface area contributed by atoms with Crippen molar-refractivity contribution in [2.45, 2.75) is 25.7 Å². The molecule has 3 nitrogen and oxygen atoms in total. The Kier molecular flexibility index (Phi) is 2.74. The summed E-state index contributed by atoms with van der Waals surface area (Å²) in [5.41, 5.74) is 1.59. The molecule has 0 amide bonds. The Labute approximate surface area is 111 Å². The summed E-state index contributed by atoms with van der Waals surface area (Å²) in [5, 5.41) is 9.71. The molecule has 1 heterocycles. The van der Waals surface area contributed by atoms with Gasteiger partial charge in [0.15, 0.2) is 0 Å². The zero-order chi connectivity index (χ0) is 12.8. The lowest BCUT2D eigenvalue weighted by molar-refractivity contribution is 0.0696. The summed E-state index contributed by atoms with van der Waals surface area (Å²) in [6.45, 7) is 1.99. The molecule has 0 unspecified atom stereocenters. The van der Waals surface area contributed by atoms with Crippen molar-refractivity contribution in [2.75, 3.05) is 18.0 Å². The van der Waals surface area contributed by atoms with E-state index in [9.17, 15) is 9.90 Å². The van der Waals surface area contributed by atoms with Crippen LogP contribution in [0.15, 0.2) is 18.2 Å². The minimum Gasteiger partial charge on any atom is -0.478 e. The monoisotopic (exact) mass is 265 g/mol. The SMILES string of the molecule is O=C(O)c1cc(Cl)ccc1N1CC2(CCCC2)C1. The van der Waals surface area contributed by atoms with Crippen LogP contribution < -0.4 is 4.90 Å². The van der Waals surface area contributed by atoms with Crippen molar-refractivity contribution in [1.82, 2.24) is 0 Å². The smallest absolute Gasteiger partial charge is 0.337 e. The maximum absolute atomic E-state index is 11.2. The van der Waals surface area contributed by atoms with Gasteiger partial charge in [0.05, 0.1) is 11.3 Å². The third kappa shape index (κ3) is 1.87. The molecular weight excluding hydrogens is 250 g/mol. The predicted molar refractivity (Wildman–Crippen MR) is 71.5 cm³/mol. The largest absolute Gasteiger partial charge is 0.478 e. The quantitative estimate of drug-likeness (QED) is 0.891. The second-order valence-corrected chi connectivity index (χ2v) is 5.97. The number of carboxylic acids is 1. The van der Waals surface area contributed by atoms with E-state index in [0.29, 0.717) is 16.0 Å². The first-order valence-corrected chi connectivity index (χ1v) is 6.75. The van der Waals surface area contributed by atoms with Gasteiger partial charge in [0.25, 0.3) is 0 Å². The van der Waals surface area contributed by atoms with Crippen LogP contribution >= 0.6 is 11.6 Å². The van der Waals surface area contributed by atoms with E-state index in [1.54, 1.807) is 12.1 Å². The zero-order valence-electron chi connectivity index (χ0n) is 10.2. The normalized spacial score (nSPS) is 21.1. The number of rotatable bonds is 2. The molecule has 1 aromatic carbocycles. The van der Waals surface area contributed by atoms with Gasteiger partial charge in [-0.1, -0.05) is 24.4 Å². The zero-order valence-corrected chi connectivity index (χ0v) is 10.9. The third-order valence-electron chi connectivity index (χ3n) is 4.25. The first-order valence-electron chi connectivity index (χ1n) is 6.38. The van der Waals surface area contributed by atoms with Crippen LogP contribution in [0.25, 0.3) is 0 Å². The molecule has 0 bridgehead atoms. The fourth-order valence-electron chi connectivity index (χ4n) is 3.33. The maximum atomic E-state index is 11.2. The van der Waals surface area contributed by atoms with Crippen molar-refractivity contribution < 1.29 is 9.90 Å². The average molecular weight is 266 g/mol. The number of hydrogen-bond acceptors (Lipinski definition) is 2. The van der Waals surface area contributed by atoms with Crippen LogP contribution in [0.3, 0.4) is 0 Å². The molecular formula is C14H16ClNO2. The first-order chi connectivity index (χ1) is 8.60. The Bertz CT molecular complexity index is 487. The number of carboxylic acid groups (broad SMARTS) is 1. The first kappa shape index (κ1) is 11.8. The molecule has 1 spiro atoms. The third-order valence-corrected chi connectivity index (χ3v) is 4.48. The second kappa shape index (κ2) is 4.16. The molecule has 0 aromatic heterocycles. The number of nitrogens with zero attached hydrogens (tertiary/aromatic N) is 1. The lowest BCUT2D eigenvalue weighted by atomic mass is 9.78. The summed E-state index contributed by atoms with van der Waals surface area (Å²) in [4.78, 5) is 13.4. The van der Waals surface area contributed by atoms with Crippen molar-refractivity contribution in [3.05, 3.63) is 28.8 Å². The number of halogens is 1. The lowest BCUT2D eigenvalue weighted by Gasteiger charge is -2.50. The highest BCUT2D eigenvalue weighted by Gasteiger charge is 2.45. The standard InChI is InChI=1S/C14H16ClNO2/c15-10-3-4-12(11(7-10)13(17)18)16-8-14(9-16)5-1-2-6-14/h3-4,7H,1-2,5-6,8-9H2,(H,17,18). The van der Waals surface area contributed by atoms with Gasteiger partial charge in [-0.3, -0.25) is 0 Å². The molecule has 1 N–H and O–H groups in total. The molecule has 1 saturated heterocycles. The van der Waals surface area contributed by atoms with E-state index in [1.807, 2.05) is 6.07 Å². The van der Waals surface area contributed by atoms with Gasteiger partial charge in [-0.2, -0.15) is 0 Å². The van der Waals surface area contributed by atoms with Crippen LogP contribution in [0.5, 0.6) is 0 Å². The lowest BCUT2D eigenvalue weighted by Crippen LogP contribution is -2.55. The summed E-state index contributed by atoms with van der Waals surface area (Å²) in [7, 11) is 0. The van der Waals surface area contributed by atoms with Crippen LogP contribution in [0.4, 0.5) is 5.69 Å². The number of anilines is 1. The summed E-state index contributed by atoms with van der Waals surface area (Å²) in [6, 6.07) is 5.13. The number of hydrogen-bond donors (Lipinski definition) is 1. The minimum absolute atomic E-state index is 0.315. The molecule has 96 valence electrons. The molecule has 1 aliphatic carbocycles. The molecule has 2 fully saturated rings. The molecule has 0 atom stereocenters. The number of carbonyl (C=O) groups is 1. The van der Waals surface area contributed by atoms with Gasteiger partial charge in [0.2, 0.25) is 0 Å². The van der Waals surface area contributed by atoms with E-state index < -0.39 is 5.97 Å². The van der Waals surface area contributed by atoms with Crippen LogP contribution in [-0.4, -0.2) is 24.2 Å². The Morgan fingerprint density at radius 2 is 1.94 bits per heavy atom. The molecule has 4 heteroatoms. The van der Waals surface area contributed by atoms with Crippen LogP contribution in [0, 0.1) is 5.41 Å². The second-order valence-electron chi connectivity index (χ2n) is 5.53. The van der Waals surface area contributed by atoms with Crippen LogP contribution in [-0.2, 0) is 0 Å². The topological polar surface area (TPSA) is 40.5 Å². The molecule has 1 aliphatic heterocycles. The highest BCUT2D eigenvalue weighted by Crippen LogP contribution is 2.47. The van der Waals surface area contributed by atoms with Crippen LogP contribution in [0.1, 0.15) is 36.0 Å². The predicted octanol–water partition coefficient (Wildman–Crippen LogP) is 3.42. The Morgan fingerprint density at radius 1 is 1.28 bits per heavy atom. The van der Waals surface area contributed by atoms with Crippen molar-refractivity contribution in [3.8, 4) is 0 Å². The minimum atomic E-state index is -0.903. The molecule has 1 aromatic rings. The van der Waals surface area contributed by atoms with Gasteiger partial charge >= 0.3 is 5.97 Å². The van der Waals surface area contributed by atoms with Gasteiger partial charge < -0.3 is 10.0 Å². The van der Waals surface area contributed by atoms with E-state index in [1.165, 1.54) is 25.7 Å². The van der Waals surface area contributed by atoms with E-state index in [-0.39, 0.29) is 0 Å². The van der Waals surface area contributed by atoms with Gasteiger partial charge in [0, 0.05) is 23.5 Å². The van der Waals surface area contributed by atoms with Crippen molar-refractivity contribution >= 4 is 23.3 Å². The summed E-state index contributed by atoms with van der Waals surface area (Å²) in [6.07, 6.45) is 5.22. The highest BCUT2D eigenvalue weighted by molar-refractivity contribution is 6.31. The van der Waals surface area contributed by atoms with Crippen molar-refractivity contribution in [3.63, 3.8) is 0 Å². The molecule has 0 radical (unpaired) electrons. The van der Waals surface area contributed by atoms with Gasteiger partial charge in [-0.25, -0.2) is 4.79 Å². The molecule has 3 rings (SSSR count). The summed E-state index contributed by atoms with van der Waals surface area (Å²) < 4.78 is 0. The molecule has 1 saturated carbocycles. The molecule has 18 heavy (non-hydrogen) atoms. The Morgan fingerprint density at radius 3 is 2.56 bits per heavy atom. The highest BCUT2D eigenvalue weighted by atomic mass is 35.5. The Hall–Kier alpha value is -1.22. The Balaban J connectivity index is 1.83. The number of aromatic carboxylic acids is 1. The van der Waals surface area contributed by atoms with Gasteiger partial charge in [-0.05, 0) is 31.0 Å².